The minimum Gasteiger partial charge on any atom is -0.457 e. The van der Waals surface area contributed by atoms with Gasteiger partial charge in [-0.25, -0.2) is 0 Å². The molecule has 0 amide bonds. The van der Waals surface area contributed by atoms with E-state index in [9.17, 15) is 0 Å². The molecule has 12 aromatic carbocycles. The van der Waals surface area contributed by atoms with Gasteiger partial charge in [-0.05, 0) is 140 Å². The molecular formula is C74H46N2OS. The standard InChI is InChI=1S/C74H46N2OS/c1-2-19-49(20-3-1)76-65-31-13-6-22-53(65)54-43-39-48(45-67(54)76)47-37-40-50(41-38-47)75(51-42-44-59-56(46-51)52-21-4-7-24-57(52)73(59)60-26-9-14-33-68(60)77-69-34-15-10-27-61(69)73)66-32-18-30-64-72(66)55-23-5-8-25-58(55)74(64)62-28-11-16-35-70(62)78-71-36-17-12-29-63(71)74/h1-46H. The van der Waals surface area contributed by atoms with Gasteiger partial charge in [-0.3, -0.25) is 0 Å². The van der Waals surface area contributed by atoms with Gasteiger partial charge in [0.25, 0.3) is 0 Å². The highest BCUT2D eigenvalue weighted by Gasteiger charge is 2.53. The van der Waals surface area contributed by atoms with Gasteiger partial charge < -0.3 is 14.2 Å². The molecule has 17 rings (SSSR count). The lowest BCUT2D eigenvalue weighted by atomic mass is 9.66. The number of ether oxygens (including phenoxy) is 1. The molecule has 0 saturated carbocycles. The van der Waals surface area contributed by atoms with Crippen molar-refractivity contribution in [3.63, 3.8) is 0 Å². The predicted molar refractivity (Wildman–Crippen MR) is 320 cm³/mol. The summed E-state index contributed by atoms with van der Waals surface area (Å²) in [6, 6.07) is 104. The quantitative estimate of drug-likeness (QED) is 0.171. The van der Waals surface area contributed by atoms with E-state index < -0.39 is 10.8 Å². The Morgan fingerprint density at radius 1 is 0.333 bits per heavy atom. The van der Waals surface area contributed by atoms with Crippen LogP contribution in [0.1, 0.15) is 44.5 Å². The summed E-state index contributed by atoms with van der Waals surface area (Å²) in [6.07, 6.45) is 0. The maximum absolute atomic E-state index is 6.73. The van der Waals surface area contributed by atoms with Gasteiger partial charge in [0.1, 0.15) is 11.5 Å². The van der Waals surface area contributed by atoms with E-state index in [0.29, 0.717) is 0 Å². The fourth-order valence-electron chi connectivity index (χ4n) is 14.3. The molecule has 0 saturated heterocycles. The Hall–Kier alpha value is -9.61. The molecule has 0 atom stereocenters. The summed E-state index contributed by atoms with van der Waals surface area (Å²) in [5.41, 5.74) is 23.1. The molecule has 2 spiro atoms. The summed E-state index contributed by atoms with van der Waals surface area (Å²) in [4.78, 5) is 5.12. The molecule has 4 aliphatic rings. The molecule has 0 fully saturated rings. The summed E-state index contributed by atoms with van der Waals surface area (Å²) in [5.74, 6) is 1.78. The molecule has 2 aliphatic heterocycles. The molecular weight excluding hydrogens is 965 g/mol. The lowest BCUT2D eigenvalue weighted by Crippen LogP contribution is -2.32. The van der Waals surface area contributed by atoms with E-state index in [2.05, 4.69) is 289 Å². The number of hydrogen-bond donors (Lipinski definition) is 0. The van der Waals surface area contributed by atoms with Crippen LogP contribution >= 0.6 is 11.8 Å². The lowest BCUT2D eigenvalue weighted by molar-refractivity contribution is 0.436. The molecule has 4 heteroatoms. The van der Waals surface area contributed by atoms with Crippen LogP contribution in [0.25, 0.3) is 60.9 Å². The summed E-state index contributed by atoms with van der Waals surface area (Å²) in [5, 5.41) is 2.49. The van der Waals surface area contributed by atoms with Crippen molar-refractivity contribution in [1.82, 2.24) is 4.57 Å². The van der Waals surface area contributed by atoms with Crippen LogP contribution < -0.4 is 9.64 Å². The molecule has 0 radical (unpaired) electrons. The molecule has 2 aliphatic carbocycles. The van der Waals surface area contributed by atoms with Gasteiger partial charge in [0.15, 0.2) is 0 Å². The van der Waals surface area contributed by atoms with Crippen LogP contribution in [0.5, 0.6) is 11.5 Å². The van der Waals surface area contributed by atoms with E-state index in [1.807, 2.05) is 11.8 Å². The number of hydrogen-bond acceptors (Lipinski definition) is 3. The first-order valence-electron chi connectivity index (χ1n) is 26.9. The van der Waals surface area contributed by atoms with Crippen molar-refractivity contribution in [3.05, 3.63) is 324 Å². The zero-order valence-electron chi connectivity index (χ0n) is 42.3. The number of fused-ring (bicyclic) bond motifs is 21. The second kappa shape index (κ2) is 16.4. The summed E-state index contributed by atoms with van der Waals surface area (Å²) >= 11 is 1.88. The Bertz CT molecular complexity index is 4560. The molecule has 3 heterocycles. The fraction of sp³-hybridized carbons (Fsp3) is 0.0270. The van der Waals surface area contributed by atoms with Gasteiger partial charge in [-0.2, -0.15) is 0 Å². The van der Waals surface area contributed by atoms with Crippen molar-refractivity contribution >= 4 is 50.6 Å². The average Bonchev–Trinajstić information content (AvgIpc) is 4.23. The first-order valence-corrected chi connectivity index (χ1v) is 27.7. The monoisotopic (exact) mass is 1010 g/mol. The molecule has 1 aromatic heterocycles. The van der Waals surface area contributed by atoms with Crippen molar-refractivity contribution in [1.29, 1.82) is 0 Å². The Morgan fingerprint density at radius 2 is 0.859 bits per heavy atom. The predicted octanol–water partition coefficient (Wildman–Crippen LogP) is 19.2. The van der Waals surface area contributed by atoms with E-state index in [-0.39, 0.29) is 0 Å². The third-order valence-corrected chi connectivity index (χ3v) is 18.5. The lowest BCUT2D eigenvalue weighted by Gasteiger charge is -2.40. The number of benzene rings is 12. The van der Waals surface area contributed by atoms with E-state index in [1.54, 1.807) is 0 Å². The third-order valence-electron chi connectivity index (χ3n) is 17.3. The second-order valence-corrected chi connectivity index (χ2v) is 22.1. The van der Waals surface area contributed by atoms with Crippen molar-refractivity contribution in [3.8, 4) is 50.6 Å². The van der Waals surface area contributed by atoms with E-state index in [1.165, 1.54) is 92.8 Å². The van der Waals surface area contributed by atoms with E-state index in [4.69, 9.17) is 4.74 Å². The van der Waals surface area contributed by atoms with Crippen LogP contribution in [-0.2, 0) is 10.8 Å². The Labute approximate surface area is 456 Å². The van der Waals surface area contributed by atoms with Crippen LogP contribution in [0, 0.1) is 0 Å². The maximum Gasteiger partial charge on any atom is 0.132 e. The Kier molecular flexibility index (Phi) is 9.20. The molecule has 0 N–H and O–H groups in total. The number of aromatic nitrogens is 1. The maximum atomic E-state index is 6.73. The minimum absolute atomic E-state index is 0.524. The average molecular weight is 1010 g/mol. The molecule has 364 valence electrons. The first kappa shape index (κ1) is 43.6. The van der Waals surface area contributed by atoms with Crippen molar-refractivity contribution < 1.29 is 4.74 Å². The Balaban J connectivity index is 0.903. The van der Waals surface area contributed by atoms with E-state index in [0.717, 1.165) is 50.9 Å². The topological polar surface area (TPSA) is 17.4 Å². The van der Waals surface area contributed by atoms with Crippen molar-refractivity contribution in [2.24, 2.45) is 0 Å². The SMILES string of the molecule is c1ccc(-n2c3ccccc3c3ccc(-c4ccc(N(c5ccc6c(c5)-c5ccccc5C65c6ccccc6Oc6ccccc65)c5cccc6c5-c5ccccc5C65c6ccccc6Sc6ccccc65)cc4)cc32)cc1. The highest BCUT2D eigenvalue weighted by Crippen LogP contribution is 2.66. The van der Waals surface area contributed by atoms with Gasteiger partial charge in [0.05, 0.1) is 27.6 Å². The van der Waals surface area contributed by atoms with Gasteiger partial charge in [-0.1, -0.05) is 212 Å². The molecule has 0 unspecified atom stereocenters. The number of rotatable bonds is 5. The zero-order valence-corrected chi connectivity index (χ0v) is 43.1. The Morgan fingerprint density at radius 3 is 1.59 bits per heavy atom. The van der Waals surface area contributed by atoms with Crippen LogP contribution in [0.2, 0.25) is 0 Å². The van der Waals surface area contributed by atoms with Gasteiger partial charge in [0, 0.05) is 54.3 Å². The van der Waals surface area contributed by atoms with Crippen LogP contribution in [0.4, 0.5) is 17.1 Å². The highest BCUT2D eigenvalue weighted by molar-refractivity contribution is 7.99. The van der Waals surface area contributed by atoms with E-state index >= 15 is 0 Å². The highest BCUT2D eigenvalue weighted by atomic mass is 32.2. The molecule has 0 bridgehead atoms. The van der Waals surface area contributed by atoms with Gasteiger partial charge in [0.2, 0.25) is 0 Å². The van der Waals surface area contributed by atoms with Gasteiger partial charge >= 0.3 is 0 Å². The molecule has 13 aromatic rings. The smallest absolute Gasteiger partial charge is 0.132 e. The van der Waals surface area contributed by atoms with Crippen LogP contribution in [0.15, 0.2) is 289 Å². The van der Waals surface area contributed by atoms with Crippen molar-refractivity contribution in [2.75, 3.05) is 4.90 Å². The summed E-state index contributed by atoms with van der Waals surface area (Å²) < 4.78 is 9.13. The zero-order chi connectivity index (χ0) is 51.1. The number of anilines is 3. The third kappa shape index (κ3) is 5.79. The van der Waals surface area contributed by atoms with Crippen LogP contribution in [0.3, 0.4) is 0 Å². The summed E-state index contributed by atoms with van der Waals surface area (Å²) in [6.45, 7) is 0. The molecule has 3 nitrogen and oxygen atoms in total. The fourth-order valence-corrected chi connectivity index (χ4v) is 15.5. The summed E-state index contributed by atoms with van der Waals surface area (Å²) in [7, 11) is 0. The van der Waals surface area contributed by atoms with Crippen LogP contribution in [-0.4, -0.2) is 4.57 Å². The largest absolute Gasteiger partial charge is 0.457 e. The minimum atomic E-state index is -0.575. The number of nitrogens with zero attached hydrogens (tertiary/aromatic N) is 2. The van der Waals surface area contributed by atoms with Crippen molar-refractivity contribution in [2.45, 2.75) is 20.6 Å². The number of para-hydroxylation sites is 4. The normalized spacial score (nSPS) is 14.2. The second-order valence-electron chi connectivity index (χ2n) is 21.0. The molecule has 78 heavy (non-hydrogen) atoms. The first-order chi connectivity index (χ1) is 38.7. The van der Waals surface area contributed by atoms with Gasteiger partial charge in [-0.15, -0.1) is 0 Å².